The van der Waals surface area contributed by atoms with Crippen molar-refractivity contribution < 1.29 is 4.79 Å². The molecule has 0 unspecified atom stereocenters. The van der Waals surface area contributed by atoms with Gasteiger partial charge in [-0.3, -0.25) is 0 Å². The zero-order chi connectivity index (χ0) is 17.1. The summed E-state index contributed by atoms with van der Waals surface area (Å²) in [4.78, 5) is 16.9. The van der Waals surface area contributed by atoms with Crippen LogP contribution in [0, 0.1) is 0 Å². The summed E-state index contributed by atoms with van der Waals surface area (Å²) in [7, 11) is 0. The summed E-state index contributed by atoms with van der Waals surface area (Å²) >= 11 is 0. The number of pyridine rings is 1. The lowest BCUT2D eigenvalue weighted by Crippen LogP contribution is -2.19. The number of aromatic nitrogens is 2. The second-order valence-electron chi connectivity index (χ2n) is 5.58. The first-order chi connectivity index (χ1) is 12.3. The van der Waals surface area contributed by atoms with Gasteiger partial charge in [0.25, 0.3) is 0 Å². The fraction of sp³-hybridized carbons (Fsp3) is 0. The minimum absolute atomic E-state index is 0.289. The van der Waals surface area contributed by atoms with Crippen molar-refractivity contribution in [3.05, 3.63) is 85.2 Å². The first-order valence-corrected chi connectivity index (χ1v) is 7.96. The summed E-state index contributed by atoms with van der Waals surface area (Å²) in [6, 6.07) is 22.5. The molecule has 4 rings (SSSR count). The zero-order valence-corrected chi connectivity index (χ0v) is 13.4. The largest absolute Gasteiger partial charge is 0.323 e. The SMILES string of the molecule is O=C(Nc1ccccc1)Nc1ccccc1-c1cn2ccccc2n1. The molecule has 0 fully saturated rings. The number of imidazole rings is 1. The summed E-state index contributed by atoms with van der Waals surface area (Å²) in [5.41, 5.74) is 3.99. The highest BCUT2D eigenvalue weighted by atomic mass is 16.2. The monoisotopic (exact) mass is 328 g/mol. The van der Waals surface area contributed by atoms with Crippen molar-refractivity contribution in [1.29, 1.82) is 0 Å². The third kappa shape index (κ3) is 3.21. The van der Waals surface area contributed by atoms with E-state index in [0.29, 0.717) is 5.69 Å². The molecule has 0 saturated carbocycles. The molecule has 0 spiro atoms. The van der Waals surface area contributed by atoms with E-state index in [1.54, 1.807) is 0 Å². The quantitative estimate of drug-likeness (QED) is 0.575. The van der Waals surface area contributed by atoms with Crippen LogP contribution in [0.2, 0.25) is 0 Å². The Kier molecular flexibility index (Phi) is 3.88. The van der Waals surface area contributed by atoms with Crippen LogP contribution in [0.15, 0.2) is 85.2 Å². The molecule has 0 radical (unpaired) electrons. The highest BCUT2D eigenvalue weighted by molar-refractivity contribution is 6.02. The van der Waals surface area contributed by atoms with E-state index in [-0.39, 0.29) is 6.03 Å². The van der Waals surface area contributed by atoms with Crippen molar-refractivity contribution in [2.45, 2.75) is 0 Å². The van der Waals surface area contributed by atoms with Gasteiger partial charge in [-0.05, 0) is 30.3 Å². The van der Waals surface area contributed by atoms with Crippen molar-refractivity contribution in [2.75, 3.05) is 10.6 Å². The van der Waals surface area contributed by atoms with Crippen LogP contribution in [0.25, 0.3) is 16.9 Å². The number of fused-ring (bicyclic) bond motifs is 1. The van der Waals surface area contributed by atoms with Gasteiger partial charge in [-0.25, -0.2) is 9.78 Å². The summed E-state index contributed by atoms with van der Waals surface area (Å²) in [6.07, 6.45) is 3.90. The standard InChI is InChI=1S/C20H16N4O/c25-20(21-15-8-2-1-3-9-15)23-17-11-5-4-10-16(17)18-14-24-13-7-6-12-19(24)22-18/h1-14H,(H2,21,23,25). The molecule has 2 aromatic carbocycles. The second kappa shape index (κ2) is 6.49. The van der Waals surface area contributed by atoms with E-state index in [9.17, 15) is 4.79 Å². The summed E-state index contributed by atoms with van der Waals surface area (Å²) in [6.45, 7) is 0. The Morgan fingerprint density at radius 1 is 0.840 bits per heavy atom. The lowest BCUT2D eigenvalue weighted by atomic mass is 10.1. The Bertz CT molecular complexity index is 991. The number of hydrogen-bond donors (Lipinski definition) is 2. The van der Waals surface area contributed by atoms with E-state index < -0.39 is 0 Å². The maximum absolute atomic E-state index is 12.3. The topological polar surface area (TPSA) is 58.4 Å². The molecule has 122 valence electrons. The molecule has 5 heteroatoms. The van der Waals surface area contributed by atoms with E-state index in [1.807, 2.05) is 89.6 Å². The third-order valence-electron chi connectivity index (χ3n) is 3.85. The number of nitrogens with zero attached hydrogens (tertiary/aromatic N) is 2. The van der Waals surface area contributed by atoms with E-state index in [2.05, 4.69) is 15.6 Å². The van der Waals surface area contributed by atoms with Crippen molar-refractivity contribution in [2.24, 2.45) is 0 Å². The molecule has 2 aromatic heterocycles. The normalized spacial score (nSPS) is 10.6. The van der Waals surface area contributed by atoms with Crippen LogP contribution in [-0.4, -0.2) is 15.4 Å². The van der Waals surface area contributed by atoms with Crippen LogP contribution in [0.4, 0.5) is 16.2 Å². The molecule has 25 heavy (non-hydrogen) atoms. The number of anilines is 2. The van der Waals surface area contributed by atoms with Crippen LogP contribution in [0.5, 0.6) is 0 Å². The molecule has 4 aromatic rings. The van der Waals surface area contributed by atoms with Crippen LogP contribution in [-0.2, 0) is 0 Å². The van der Waals surface area contributed by atoms with Crippen LogP contribution in [0.3, 0.4) is 0 Å². The molecular weight excluding hydrogens is 312 g/mol. The van der Waals surface area contributed by atoms with Gasteiger partial charge in [-0.15, -0.1) is 0 Å². The second-order valence-corrected chi connectivity index (χ2v) is 5.58. The summed E-state index contributed by atoms with van der Waals surface area (Å²) < 4.78 is 1.95. The lowest BCUT2D eigenvalue weighted by Gasteiger charge is -2.10. The molecule has 0 aliphatic carbocycles. The first-order valence-electron chi connectivity index (χ1n) is 7.96. The van der Waals surface area contributed by atoms with Crippen molar-refractivity contribution in [3.8, 4) is 11.3 Å². The number of benzene rings is 2. The minimum Gasteiger partial charge on any atom is -0.308 e. The fourth-order valence-corrected chi connectivity index (χ4v) is 2.69. The van der Waals surface area contributed by atoms with E-state index in [0.717, 1.165) is 22.6 Å². The average Bonchev–Trinajstić information content (AvgIpc) is 3.07. The van der Waals surface area contributed by atoms with E-state index >= 15 is 0 Å². The lowest BCUT2D eigenvalue weighted by molar-refractivity contribution is 0.262. The van der Waals surface area contributed by atoms with Gasteiger partial charge in [0.1, 0.15) is 5.65 Å². The van der Waals surface area contributed by atoms with Crippen molar-refractivity contribution >= 4 is 23.1 Å². The number of hydrogen-bond acceptors (Lipinski definition) is 2. The Balaban J connectivity index is 1.61. The Morgan fingerprint density at radius 2 is 1.60 bits per heavy atom. The van der Waals surface area contributed by atoms with Gasteiger partial charge in [0.15, 0.2) is 0 Å². The van der Waals surface area contributed by atoms with Gasteiger partial charge < -0.3 is 15.0 Å². The van der Waals surface area contributed by atoms with Gasteiger partial charge in [0.05, 0.1) is 11.4 Å². The summed E-state index contributed by atoms with van der Waals surface area (Å²) in [5, 5.41) is 5.72. The van der Waals surface area contributed by atoms with Gasteiger partial charge in [-0.2, -0.15) is 0 Å². The predicted octanol–water partition coefficient (Wildman–Crippen LogP) is 4.65. The Morgan fingerprint density at radius 3 is 2.44 bits per heavy atom. The van der Waals surface area contributed by atoms with E-state index in [1.165, 1.54) is 0 Å². The third-order valence-corrected chi connectivity index (χ3v) is 3.85. The van der Waals surface area contributed by atoms with Gasteiger partial charge in [0.2, 0.25) is 0 Å². The first kappa shape index (κ1) is 15.0. The maximum atomic E-state index is 12.3. The zero-order valence-electron chi connectivity index (χ0n) is 13.4. The molecule has 0 saturated heterocycles. The molecular formula is C20H16N4O. The predicted molar refractivity (Wildman–Crippen MR) is 99.7 cm³/mol. The van der Waals surface area contributed by atoms with Gasteiger partial charge in [0, 0.05) is 23.6 Å². The number of carbonyl (C=O) groups excluding carboxylic acids is 1. The maximum Gasteiger partial charge on any atom is 0.323 e. The molecule has 2 heterocycles. The number of carbonyl (C=O) groups is 1. The Labute approximate surface area is 145 Å². The molecule has 5 nitrogen and oxygen atoms in total. The number of amides is 2. The average molecular weight is 328 g/mol. The molecule has 2 amide bonds. The minimum atomic E-state index is -0.289. The molecule has 0 bridgehead atoms. The highest BCUT2D eigenvalue weighted by Crippen LogP contribution is 2.27. The molecule has 0 aliphatic rings. The smallest absolute Gasteiger partial charge is 0.308 e. The molecule has 0 aliphatic heterocycles. The highest BCUT2D eigenvalue weighted by Gasteiger charge is 2.11. The van der Waals surface area contributed by atoms with Crippen LogP contribution >= 0.6 is 0 Å². The number of para-hydroxylation sites is 2. The van der Waals surface area contributed by atoms with Crippen molar-refractivity contribution in [3.63, 3.8) is 0 Å². The van der Waals surface area contributed by atoms with Gasteiger partial charge in [-0.1, -0.05) is 42.5 Å². The van der Waals surface area contributed by atoms with Crippen molar-refractivity contribution in [1.82, 2.24) is 9.38 Å². The van der Waals surface area contributed by atoms with Crippen LogP contribution in [0.1, 0.15) is 0 Å². The summed E-state index contributed by atoms with van der Waals surface area (Å²) in [5.74, 6) is 0. The fourth-order valence-electron chi connectivity index (χ4n) is 2.69. The number of rotatable bonds is 3. The molecule has 2 N–H and O–H groups in total. The van der Waals surface area contributed by atoms with E-state index in [4.69, 9.17) is 0 Å². The molecule has 0 atom stereocenters. The Hall–Kier alpha value is -3.60. The van der Waals surface area contributed by atoms with Gasteiger partial charge >= 0.3 is 6.03 Å². The van der Waals surface area contributed by atoms with Crippen LogP contribution < -0.4 is 10.6 Å². The number of urea groups is 1. The number of nitrogens with one attached hydrogen (secondary N) is 2.